The van der Waals surface area contributed by atoms with Gasteiger partial charge in [-0.2, -0.15) is 18.4 Å². The van der Waals surface area contributed by atoms with Crippen LogP contribution >= 0.6 is 15.9 Å². The zero-order valence-electron chi connectivity index (χ0n) is 18.2. The van der Waals surface area contributed by atoms with Gasteiger partial charge in [0.2, 0.25) is 0 Å². The highest BCUT2D eigenvalue weighted by Crippen LogP contribution is 2.52. The predicted octanol–water partition coefficient (Wildman–Crippen LogP) is 6.68. The van der Waals surface area contributed by atoms with Crippen LogP contribution in [-0.4, -0.2) is 18.3 Å². The Balaban J connectivity index is 1.78. The van der Waals surface area contributed by atoms with Crippen molar-refractivity contribution < 1.29 is 22.5 Å². The summed E-state index contributed by atoms with van der Waals surface area (Å²) in [7, 11) is -0.532. The maximum atomic E-state index is 13.6. The van der Waals surface area contributed by atoms with Crippen molar-refractivity contribution in [3.8, 4) is 6.07 Å². The second-order valence-electron chi connectivity index (χ2n) is 9.27. The van der Waals surface area contributed by atoms with Gasteiger partial charge in [-0.3, -0.25) is 0 Å². The first-order valence-electron chi connectivity index (χ1n) is 10.4. The lowest BCUT2D eigenvalue weighted by Gasteiger charge is -2.32. The average Bonchev–Trinajstić information content (AvgIpc) is 3.13. The molecule has 1 fully saturated rings. The summed E-state index contributed by atoms with van der Waals surface area (Å²) >= 11 is 3.57. The molecule has 2 aliphatic rings. The Hall–Kier alpha value is -2.02. The van der Waals surface area contributed by atoms with Gasteiger partial charge in [0.15, 0.2) is 0 Å². The molecular weight excluding hydrogens is 484 g/mol. The summed E-state index contributed by atoms with van der Waals surface area (Å²) in [5.41, 5.74) is -0.417. The van der Waals surface area contributed by atoms with Crippen molar-refractivity contribution in [3.05, 3.63) is 63.1 Å². The van der Waals surface area contributed by atoms with Crippen molar-refractivity contribution in [2.24, 2.45) is 0 Å². The fraction of sp³-hybridized carbons (Fsp3) is 0.435. The predicted molar refractivity (Wildman–Crippen MR) is 120 cm³/mol. The zero-order chi connectivity index (χ0) is 23.5. The maximum absolute atomic E-state index is 13.6. The molecule has 0 saturated carbocycles. The highest BCUT2D eigenvalue weighted by Gasteiger charge is 2.53. The average molecular weight is 507 g/mol. The highest BCUT2D eigenvalue weighted by atomic mass is 79.9. The van der Waals surface area contributed by atoms with Crippen LogP contribution in [0.25, 0.3) is 0 Å². The number of nitriles is 1. The van der Waals surface area contributed by atoms with E-state index in [-0.39, 0.29) is 17.5 Å². The van der Waals surface area contributed by atoms with E-state index in [0.29, 0.717) is 17.6 Å². The summed E-state index contributed by atoms with van der Waals surface area (Å²) in [6.45, 7) is 7.84. The summed E-state index contributed by atoms with van der Waals surface area (Å²) in [6, 6.07) is 11.4. The largest absolute Gasteiger partial charge is 0.458 e. The summed E-state index contributed by atoms with van der Waals surface area (Å²) < 4.78 is 53.9. The normalized spacial score (nSPS) is 23.5. The fourth-order valence-corrected chi connectivity index (χ4v) is 4.91. The number of nitrogens with zero attached hydrogens (tertiary/aromatic N) is 1. The zero-order valence-corrected chi connectivity index (χ0v) is 19.8. The first-order valence-corrected chi connectivity index (χ1v) is 11.2. The highest BCUT2D eigenvalue weighted by molar-refractivity contribution is 9.10. The number of nitrogens with one attached hydrogen (secondary N) is 1. The molecule has 0 unspecified atom stereocenters. The minimum atomic E-state index is -4.62. The summed E-state index contributed by atoms with van der Waals surface area (Å²) in [5, 5.41) is 12.7. The molecule has 0 spiro atoms. The number of anilines is 1. The molecule has 4 rings (SSSR count). The molecule has 2 aliphatic heterocycles. The smallest absolute Gasteiger partial charge is 0.403 e. The molecule has 2 aromatic rings. The van der Waals surface area contributed by atoms with Crippen LogP contribution in [0, 0.1) is 11.3 Å². The van der Waals surface area contributed by atoms with Crippen LogP contribution in [0.1, 0.15) is 61.9 Å². The molecule has 0 aromatic heterocycles. The summed E-state index contributed by atoms with van der Waals surface area (Å²) in [6.07, 6.45) is -4.19. The van der Waals surface area contributed by atoms with Crippen molar-refractivity contribution >= 4 is 28.7 Å². The summed E-state index contributed by atoms with van der Waals surface area (Å²) in [5.74, 6) is -0.257. The Kier molecular flexibility index (Phi) is 5.64. The molecule has 4 nitrogen and oxygen atoms in total. The molecule has 2 atom stereocenters. The van der Waals surface area contributed by atoms with Gasteiger partial charge in [0.25, 0.3) is 0 Å². The Morgan fingerprint density at radius 2 is 1.72 bits per heavy atom. The number of fused-ring (bicyclic) bond motifs is 1. The van der Waals surface area contributed by atoms with Gasteiger partial charge in [-0.1, -0.05) is 34.1 Å². The minimum Gasteiger partial charge on any atom is -0.403 e. The third-order valence-corrected chi connectivity index (χ3v) is 7.44. The van der Waals surface area contributed by atoms with Crippen LogP contribution in [-0.2, 0) is 15.5 Å². The van der Waals surface area contributed by atoms with E-state index in [1.807, 2.05) is 52.0 Å². The Morgan fingerprint density at radius 3 is 2.28 bits per heavy atom. The van der Waals surface area contributed by atoms with E-state index in [1.165, 1.54) is 6.07 Å². The number of hydrogen-bond donors (Lipinski definition) is 1. The van der Waals surface area contributed by atoms with Crippen molar-refractivity contribution in [3.63, 3.8) is 0 Å². The standard InChI is InChI=1S/C23H23BBrF3N2O2/c1-21(2)22(3,4)32-24(31-21)11-16-15-9-13(12-29)17(23(26,27)28)10-19(15)30-20(16)14-7-5-6-8-18(14)25/h5-10,16,20,30H,11H2,1-4H3/t16-,20-/m1/s1. The Labute approximate surface area is 194 Å². The van der Waals surface area contributed by atoms with Gasteiger partial charge in [0.05, 0.1) is 34.4 Å². The van der Waals surface area contributed by atoms with E-state index in [0.717, 1.165) is 16.1 Å². The van der Waals surface area contributed by atoms with Crippen LogP contribution in [0.2, 0.25) is 6.32 Å². The van der Waals surface area contributed by atoms with Gasteiger partial charge < -0.3 is 14.6 Å². The minimum absolute atomic E-state index is 0.257. The van der Waals surface area contributed by atoms with Crippen molar-refractivity contribution in [1.29, 1.82) is 5.26 Å². The van der Waals surface area contributed by atoms with Gasteiger partial charge in [0, 0.05) is 16.1 Å². The quantitative estimate of drug-likeness (QED) is 0.471. The molecule has 9 heteroatoms. The molecule has 168 valence electrons. The number of halogens is 4. The first-order chi connectivity index (χ1) is 14.8. The topological polar surface area (TPSA) is 54.3 Å². The van der Waals surface area contributed by atoms with Crippen LogP contribution in [0.5, 0.6) is 0 Å². The van der Waals surface area contributed by atoms with Crippen molar-refractivity contribution in [1.82, 2.24) is 0 Å². The lowest BCUT2D eigenvalue weighted by molar-refractivity contribution is -0.137. The lowest BCUT2D eigenvalue weighted by atomic mass is 9.71. The van der Waals surface area contributed by atoms with E-state index < -0.39 is 30.1 Å². The third-order valence-electron chi connectivity index (χ3n) is 6.72. The number of alkyl halides is 3. The van der Waals surface area contributed by atoms with E-state index in [4.69, 9.17) is 9.31 Å². The molecule has 32 heavy (non-hydrogen) atoms. The van der Waals surface area contributed by atoms with E-state index in [1.54, 1.807) is 6.07 Å². The number of hydrogen-bond acceptors (Lipinski definition) is 4. The van der Waals surface area contributed by atoms with Gasteiger partial charge in [-0.05, 0) is 63.3 Å². The lowest BCUT2D eigenvalue weighted by Crippen LogP contribution is -2.41. The molecule has 0 bridgehead atoms. The monoisotopic (exact) mass is 506 g/mol. The van der Waals surface area contributed by atoms with Crippen LogP contribution in [0.4, 0.5) is 18.9 Å². The SMILES string of the molecule is CC1(C)OB(C[C@@H]2c3cc(C#N)c(C(F)(F)F)cc3N[C@@H]2c2ccccc2Br)OC1(C)C. The Bertz CT molecular complexity index is 1080. The molecule has 2 aromatic carbocycles. The third kappa shape index (κ3) is 3.93. The molecule has 0 amide bonds. The van der Waals surface area contributed by atoms with Gasteiger partial charge in [0.1, 0.15) is 0 Å². The van der Waals surface area contributed by atoms with Crippen LogP contribution in [0.3, 0.4) is 0 Å². The number of benzene rings is 2. The van der Waals surface area contributed by atoms with E-state index in [9.17, 15) is 18.4 Å². The van der Waals surface area contributed by atoms with Crippen LogP contribution < -0.4 is 5.32 Å². The molecule has 1 N–H and O–H groups in total. The molecule has 0 radical (unpaired) electrons. The second-order valence-corrected chi connectivity index (χ2v) is 10.1. The molecule has 1 saturated heterocycles. The molecular formula is C23H23BBrF3N2O2. The second kappa shape index (κ2) is 7.79. The van der Waals surface area contributed by atoms with Crippen molar-refractivity contribution in [2.45, 2.75) is 63.4 Å². The Morgan fingerprint density at radius 1 is 1.09 bits per heavy atom. The molecule has 2 heterocycles. The van der Waals surface area contributed by atoms with Gasteiger partial charge in [-0.25, -0.2) is 0 Å². The maximum Gasteiger partial charge on any atom is 0.458 e. The molecule has 0 aliphatic carbocycles. The van der Waals surface area contributed by atoms with Crippen molar-refractivity contribution in [2.75, 3.05) is 5.32 Å². The van der Waals surface area contributed by atoms with Gasteiger partial charge >= 0.3 is 13.3 Å². The van der Waals surface area contributed by atoms with E-state index >= 15 is 0 Å². The van der Waals surface area contributed by atoms with E-state index in [2.05, 4.69) is 21.2 Å². The number of rotatable bonds is 3. The fourth-order valence-electron chi connectivity index (χ4n) is 4.38. The van der Waals surface area contributed by atoms with Crippen LogP contribution in [0.15, 0.2) is 40.9 Å². The summed E-state index contributed by atoms with van der Waals surface area (Å²) in [4.78, 5) is 0. The van der Waals surface area contributed by atoms with Gasteiger partial charge in [-0.15, -0.1) is 0 Å². The first kappa shape index (κ1) is 23.2.